The number of hydrogen-bond acceptors (Lipinski definition) is 0. The Morgan fingerprint density at radius 2 is 1.38 bits per heavy atom. The Balaban J connectivity index is 1.85. The molecule has 0 heteroatoms. The van der Waals surface area contributed by atoms with E-state index in [9.17, 15) is 0 Å². The third-order valence-corrected chi connectivity index (χ3v) is 4.55. The second-order valence-corrected chi connectivity index (χ2v) is 6.29. The molecule has 1 aliphatic carbocycles. The minimum atomic E-state index is 0.353. The van der Waals surface area contributed by atoms with Gasteiger partial charge in [-0.05, 0) is 61.1 Å². The Hall–Kier alpha value is -1.82. The van der Waals surface area contributed by atoms with Crippen molar-refractivity contribution in [2.24, 2.45) is 5.41 Å². The fraction of sp³-hybridized carbons (Fsp3) is 0.333. The van der Waals surface area contributed by atoms with Crippen molar-refractivity contribution in [2.75, 3.05) is 0 Å². The second-order valence-electron chi connectivity index (χ2n) is 6.29. The zero-order valence-corrected chi connectivity index (χ0v) is 12.6. The molecule has 3 rings (SSSR count). The lowest BCUT2D eigenvalue weighted by atomic mass is 9.71. The minimum absolute atomic E-state index is 0.353. The average Bonchev–Trinajstić information content (AvgIpc) is 2.75. The number of hydrogen-bond donors (Lipinski definition) is 0. The molecule has 0 fully saturated rings. The predicted molar refractivity (Wildman–Crippen MR) is 89.0 cm³/mol. The number of rotatable bonds is 4. The molecule has 0 unspecified atom stereocenters. The predicted octanol–water partition coefficient (Wildman–Crippen LogP) is 5.39. The maximum atomic E-state index is 3.45. The van der Waals surface area contributed by atoms with Gasteiger partial charge in [-0.1, -0.05) is 66.7 Å². The summed E-state index contributed by atoms with van der Waals surface area (Å²) in [4.78, 5) is 0. The van der Waals surface area contributed by atoms with Crippen LogP contribution in [0.3, 0.4) is 0 Å². The van der Waals surface area contributed by atoms with Crippen LogP contribution < -0.4 is 0 Å². The molecule has 0 aliphatic heterocycles. The van der Waals surface area contributed by atoms with Gasteiger partial charge >= 0.3 is 0 Å². The summed E-state index contributed by atoms with van der Waals surface area (Å²) < 4.78 is 0. The molecule has 0 atom stereocenters. The van der Waals surface area contributed by atoms with Crippen molar-refractivity contribution < 1.29 is 0 Å². The standard InChI is InChI=1S/C21H23/c1-2-10-16-21(15-9-1,17-19-11-5-3-6-12-19)18-20-13-7-4-8-14-20/h3-8,10-14H,1,9,15-18H2. The first-order chi connectivity index (χ1) is 10.4. The monoisotopic (exact) mass is 275 g/mol. The van der Waals surface area contributed by atoms with Crippen molar-refractivity contribution in [3.8, 4) is 0 Å². The molecule has 0 spiro atoms. The van der Waals surface area contributed by atoms with Crippen LogP contribution in [0.25, 0.3) is 0 Å². The van der Waals surface area contributed by atoms with Crippen molar-refractivity contribution in [3.05, 3.63) is 83.9 Å². The van der Waals surface area contributed by atoms with E-state index in [1.807, 2.05) is 0 Å². The summed E-state index contributed by atoms with van der Waals surface area (Å²) >= 11 is 0. The highest BCUT2D eigenvalue weighted by Crippen LogP contribution is 2.38. The maximum absolute atomic E-state index is 3.45. The molecule has 0 bridgehead atoms. The molecule has 1 aliphatic rings. The molecule has 1 radical (unpaired) electrons. The van der Waals surface area contributed by atoms with Gasteiger partial charge in [0.2, 0.25) is 0 Å². The summed E-state index contributed by atoms with van der Waals surface area (Å²) in [6.45, 7) is 0. The van der Waals surface area contributed by atoms with E-state index in [-0.39, 0.29) is 0 Å². The van der Waals surface area contributed by atoms with Crippen LogP contribution in [-0.2, 0) is 12.8 Å². The van der Waals surface area contributed by atoms with Gasteiger partial charge in [-0.2, -0.15) is 0 Å². The fourth-order valence-corrected chi connectivity index (χ4v) is 3.50. The molecular weight excluding hydrogens is 252 g/mol. The van der Waals surface area contributed by atoms with Crippen LogP contribution >= 0.6 is 0 Å². The molecule has 21 heavy (non-hydrogen) atoms. The highest BCUT2D eigenvalue weighted by molar-refractivity contribution is 5.21. The topological polar surface area (TPSA) is 0 Å². The molecule has 107 valence electrons. The van der Waals surface area contributed by atoms with Crippen molar-refractivity contribution in [3.63, 3.8) is 0 Å². The van der Waals surface area contributed by atoms with Crippen LogP contribution in [0.1, 0.15) is 36.8 Å². The summed E-state index contributed by atoms with van der Waals surface area (Å²) in [5.41, 5.74) is 3.28. The van der Waals surface area contributed by atoms with Crippen LogP contribution in [0.15, 0.2) is 66.7 Å². The van der Waals surface area contributed by atoms with Gasteiger partial charge < -0.3 is 0 Å². The zero-order chi connectivity index (χ0) is 14.4. The van der Waals surface area contributed by atoms with Gasteiger partial charge in [-0.25, -0.2) is 0 Å². The van der Waals surface area contributed by atoms with Crippen molar-refractivity contribution in [1.29, 1.82) is 0 Å². The van der Waals surface area contributed by atoms with Crippen LogP contribution in [0.5, 0.6) is 0 Å². The van der Waals surface area contributed by atoms with E-state index in [1.165, 1.54) is 36.8 Å². The highest BCUT2D eigenvalue weighted by Gasteiger charge is 2.30. The Morgan fingerprint density at radius 1 is 0.810 bits per heavy atom. The third-order valence-electron chi connectivity index (χ3n) is 4.55. The minimum Gasteiger partial charge on any atom is -0.0805 e. The van der Waals surface area contributed by atoms with Gasteiger partial charge in [-0.15, -0.1) is 0 Å². The van der Waals surface area contributed by atoms with Gasteiger partial charge in [0.1, 0.15) is 0 Å². The first-order valence-corrected chi connectivity index (χ1v) is 7.99. The Labute approximate surface area is 128 Å². The van der Waals surface area contributed by atoms with Gasteiger partial charge in [0.25, 0.3) is 0 Å². The van der Waals surface area contributed by atoms with E-state index >= 15 is 0 Å². The van der Waals surface area contributed by atoms with E-state index in [1.54, 1.807) is 0 Å². The summed E-state index contributed by atoms with van der Waals surface area (Å²) in [6, 6.07) is 21.9. The lowest BCUT2D eigenvalue weighted by Crippen LogP contribution is -2.26. The molecule has 0 nitrogen and oxygen atoms in total. The van der Waals surface area contributed by atoms with E-state index in [0.717, 1.165) is 12.8 Å². The Kier molecular flexibility index (Phi) is 4.55. The zero-order valence-electron chi connectivity index (χ0n) is 12.6. The molecule has 0 N–H and O–H groups in total. The molecule has 0 heterocycles. The van der Waals surface area contributed by atoms with Crippen LogP contribution in [-0.4, -0.2) is 0 Å². The summed E-state index contributed by atoms with van der Waals surface area (Å²) in [5.74, 6) is 0. The van der Waals surface area contributed by atoms with Gasteiger partial charge in [0.05, 0.1) is 0 Å². The largest absolute Gasteiger partial charge is 0.0805 e. The molecule has 2 aromatic carbocycles. The van der Waals surface area contributed by atoms with Gasteiger partial charge in [0.15, 0.2) is 0 Å². The molecule has 0 saturated heterocycles. The average molecular weight is 275 g/mol. The van der Waals surface area contributed by atoms with Crippen LogP contribution in [0.2, 0.25) is 0 Å². The van der Waals surface area contributed by atoms with E-state index in [2.05, 4.69) is 72.8 Å². The van der Waals surface area contributed by atoms with Crippen molar-refractivity contribution in [2.45, 2.75) is 38.5 Å². The van der Waals surface area contributed by atoms with Crippen LogP contribution in [0, 0.1) is 11.5 Å². The van der Waals surface area contributed by atoms with Crippen molar-refractivity contribution in [1.82, 2.24) is 0 Å². The summed E-state index contributed by atoms with van der Waals surface area (Å²) in [5, 5.41) is 0. The van der Waals surface area contributed by atoms with E-state index < -0.39 is 0 Å². The number of benzene rings is 2. The normalized spacial score (nSPS) is 17.3. The molecule has 0 amide bonds. The summed E-state index contributed by atoms with van der Waals surface area (Å²) in [7, 11) is 0. The second kappa shape index (κ2) is 6.76. The van der Waals surface area contributed by atoms with E-state index in [4.69, 9.17) is 0 Å². The SMILES string of the molecule is [C]1=CCC(Cc2ccccc2)(Cc2ccccc2)CCC1. The van der Waals surface area contributed by atoms with Crippen LogP contribution in [0.4, 0.5) is 0 Å². The lowest BCUT2D eigenvalue weighted by Gasteiger charge is -2.33. The van der Waals surface area contributed by atoms with Gasteiger partial charge in [0, 0.05) is 0 Å². The highest BCUT2D eigenvalue weighted by atomic mass is 14.3. The molecule has 0 aromatic heterocycles. The summed E-state index contributed by atoms with van der Waals surface area (Å²) in [6.07, 6.45) is 12.9. The number of allylic oxidation sites excluding steroid dienone is 2. The Bertz CT molecular complexity index is 524. The molecule has 2 aromatic rings. The quantitative estimate of drug-likeness (QED) is 0.701. The molecule has 0 saturated carbocycles. The lowest BCUT2D eigenvalue weighted by molar-refractivity contribution is 0.258. The maximum Gasteiger partial charge on any atom is -0.0182 e. The smallest absolute Gasteiger partial charge is 0.0182 e. The third kappa shape index (κ3) is 3.85. The molecular formula is C21H23. The fourth-order valence-electron chi connectivity index (χ4n) is 3.50. The first kappa shape index (κ1) is 14.1. The Morgan fingerprint density at radius 3 is 1.95 bits per heavy atom. The first-order valence-electron chi connectivity index (χ1n) is 7.99. The van der Waals surface area contributed by atoms with Gasteiger partial charge in [-0.3, -0.25) is 0 Å². The van der Waals surface area contributed by atoms with E-state index in [0.29, 0.717) is 5.41 Å². The van der Waals surface area contributed by atoms with Crippen molar-refractivity contribution >= 4 is 0 Å².